The second-order valence-electron chi connectivity index (χ2n) is 9.63. The second-order valence-corrected chi connectivity index (χ2v) is 11.0. The Morgan fingerprint density at radius 3 is 2.44 bits per heavy atom. The van der Waals surface area contributed by atoms with Gasteiger partial charge in [-0.2, -0.15) is 18.4 Å². The van der Waals surface area contributed by atoms with E-state index in [4.69, 9.17) is 11.6 Å². The number of benzene rings is 1. The van der Waals surface area contributed by atoms with Crippen LogP contribution in [0.25, 0.3) is 0 Å². The van der Waals surface area contributed by atoms with Gasteiger partial charge in [0.1, 0.15) is 17.3 Å². The number of nitrogens with zero attached hydrogens (tertiary/aromatic N) is 2. The number of hydrogen-bond acceptors (Lipinski definition) is 6. The Morgan fingerprint density at radius 1 is 1.25 bits per heavy atom. The first-order valence-electron chi connectivity index (χ1n) is 10.7. The first-order valence-corrected chi connectivity index (χ1v) is 11.8. The van der Waals surface area contributed by atoms with Gasteiger partial charge in [0.05, 0.1) is 16.8 Å². The molecule has 36 heavy (non-hydrogen) atoms. The third-order valence-electron chi connectivity index (χ3n) is 5.90. The number of carbonyl (C=O) groups excluding carboxylic acids is 2. The minimum Gasteiger partial charge on any atom is -0.385 e. The van der Waals surface area contributed by atoms with Crippen molar-refractivity contribution in [3.8, 4) is 6.07 Å². The Hall–Kier alpha value is -2.55. The van der Waals surface area contributed by atoms with E-state index in [1.165, 1.54) is 30.5 Å². The van der Waals surface area contributed by atoms with E-state index in [2.05, 4.69) is 37.0 Å². The van der Waals surface area contributed by atoms with Crippen LogP contribution < -0.4 is 5.32 Å². The maximum atomic E-state index is 15.4. The van der Waals surface area contributed by atoms with Crippen LogP contribution in [0.5, 0.6) is 0 Å². The largest absolute Gasteiger partial charge is 0.491 e. The lowest BCUT2D eigenvalue weighted by Gasteiger charge is -2.36. The van der Waals surface area contributed by atoms with Crippen LogP contribution in [0.4, 0.5) is 17.6 Å². The number of esters is 2. The van der Waals surface area contributed by atoms with Crippen molar-refractivity contribution in [1.29, 1.82) is 5.26 Å². The van der Waals surface area contributed by atoms with Crippen LogP contribution >= 0.6 is 27.5 Å². The number of aromatic nitrogens is 1. The van der Waals surface area contributed by atoms with Gasteiger partial charge in [-0.05, 0) is 51.5 Å². The van der Waals surface area contributed by atoms with Gasteiger partial charge >= 0.3 is 18.1 Å². The summed E-state index contributed by atoms with van der Waals surface area (Å²) in [7, 11) is 0. The summed E-state index contributed by atoms with van der Waals surface area (Å²) in [5, 5.41) is 13.2. The molecule has 2 aromatic rings. The molecule has 1 aromatic carbocycles. The summed E-state index contributed by atoms with van der Waals surface area (Å²) in [4.78, 5) is 28.8. The molecule has 192 valence electrons. The van der Waals surface area contributed by atoms with E-state index >= 15 is 4.39 Å². The quantitative estimate of drug-likeness (QED) is 0.284. The van der Waals surface area contributed by atoms with Crippen LogP contribution in [-0.4, -0.2) is 35.2 Å². The maximum Gasteiger partial charge on any atom is 0.491 e. The number of rotatable bonds is 4. The number of nitrogens with one attached hydrogen (secondary N) is 1. The highest BCUT2D eigenvalue weighted by Crippen LogP contribution is 2.51. The van der Waals surface area contributed by atoms with E-state index in [-0.39, 0.29) is 22.7 Å². The highest BCUT2D eigenvalue weighted by molar-refractivity contribution is 9.10. The summed E-state index contributed by atoms with van der Waals surface area (Å²) in [6, 6.07) is 6.60. The van der Waals surface area contributed by atoms with Gasteiger partial charge in [0.25, 0.3) is 0 Å². The summed E-state index contributed by atoms with van der Waals surface area (Å²) in [5.74, 6) is -6.73. The van der Waals surface area contributed by atoms with Crippen molar-refractivity contribution in [3.63, 3.8) is 0 Å². The fraction of sp³-hybridized carbons (Fsp3) is 0.417. The van der Waals surface area contributed by atoms with Crippen molar-refractivity contribution >= 4 is 39.5 Å². The predicted molar refractivity (Wildman–Crippen MR) is 125 cm³/mol. The molecule has 1 fully saturated rings. The number of alkyl halides is 3. The van der Waals surface area contributed by atoms with Gasteiger partial charge in [-0.25, -0.2) is 14.0 Å². The molecule has 3 rings (SSSR count). The van der Waals surface area contributed by atoms with E-state index in [0.717, 1.165) is 0 Å². The van der Waals surface area contributed by atoms with Crippen molar-refractivity contribution in [2.45, 2.75) is 56.8 Å². The Balaban J connectivity index is 2.29. The molecule has 1 N–H and O–H groups in total. The number of ether oxygens (including phenoxy) is 1. The smallest absolute Gasteiger partial charge is 0.385 e. The van der Waals surface area contributed by atoms with Crippen molar-refractivity contribution in [3.05, 3.63) is 63.1 Å². The summed E-state index contributed by atoms with van der Waals surface area (Å²) >= 11 is 9.25. The number of pyridine rings is 1. The van der Waals surface area contributed by atoms with E-state index in [0.29, 0.717) is 4.47 Å². The minimum absolute atomic E-state index is 0.150. The topological polar surface area (TPSA) is 92.1 Å². The number of halogens is 6. The molecule has 1 aliphatic heterocycles. The zero-order chi connectivity index (χ0) is 27.1. The van der Waals surface area contributed by atoms with Crippen LogP contribution in [0.15, 0.2) is 41.0 Å². The van der Waals surface area contributed by atoms with E-state index in [1.807, 2.05) is 20.8 Å². The monoisotopic (exact) mass is 589 g/mol. The molecule has 0 saturated carbocycles. The molecule has 12 heteroatoms. The Morgan fingerprint density at radius 2 is 1.92 bits per heavy atom. The van der Waals surface area contributed by atoms with E-state index in [9.17, 15) is 28.0 Å². The van der Waals surface area contributed by atoms with Crippen LogP contribution in [0.1, 0.15) is 44.4 Å². The van der Waals surface area contributed by atoms with E-state index < -0.39 is 52.8 Å². The molecular formula is C24H21BrClF4N3O3. The standard InChI is InChI=1S/C24H21BrClF4N3O3/c1-22(2,3)9-16-23(11-31,15-8-7-12(25)10-32-15)17(13-5-4-6-14(26)18(13)27)19(33-16)20(34)36-21(35)24(28,29)30/h4-8,10,16-17,19,33H,9H2,1-3H3/t16-,17-,19+,23-/m0/s1. The summed E-state index contributed by atoms with van der Waals surface area (Å²) < 4.78 is 58.7. The fourth-order valence-corrected chi connectivity index (χ4v) is 4.94. The molecule has 0 unspecified atom stereocenters. The maximum absolute atomic E-state index is 15.4. The third kappa shape index (κ3) is 5.41. The Bertz CT molecular complexity index is 1210. The molecule has 0 radical (unpaired) electrons. The van der Waals surface area contributed by atoms with Crippen LogP contribution in [0.3, 0.4) is 0 Å². The normalized spacial score (nSPS) is 24.3. The lowest BCUT2D eigenvalue weighted by Crippen LogP contribution is -2.44. The van der Waals surface area contributed by atoms with Gasteiger partial charge in [-0.3, -0.25) is 10.3 Å². The van der Waals surface area contributed by atoms with Crippen LogP contribution in [0.2, 0.25) is 5.02 Å². The lowest BCUT2D eigenvalue weighted by atomic mass is 9.64. The van der Waals surface area contributed by atoms with Crippen LogP contribution in [0, 0.1) is 22.6 Å². The molecule has 1 aromatic heterocycles. The van der Waals surface area contributed by atoms with Gasteiger partial charge < -0.3 is 4.74 Å². The Kier molecular flexibility index (Phi) is 7.84. The molecule has 4 atom stereocenters. The van der Waals surface area contributed by atoms with E-state index in [1.54, 1.807) is 6.07 Å². The first kappa shape index (κ1) is 28.0. The zero-order valence-corrected chi connectivity index (χ0v) is 21.6. The van der Waals surface area contributed by atoms with Crippen molar-refractivity contribution in [1.82, 2.24) is 10.3 Å². The highest BCUT2D eigenvalue weighted by Gasteiger charge is 2.62. The summed E-state index contributed by atoms with van der Waals surface area (Å²) in [6.07, 6.45) is -3.80. The van der Waals surface area contributed by atoms with Gasteiger partial charge in [0, 0.05) is 22.6 Å². The average molecular weight is 591 g/mol. The van der Waals surface area contributed by atoms with Gasteiger partial charge in [-0.1, -0.05) is 44.5 Å². The molecule has 1 saturated heterocycles. The first-order chi connectivity index (χ1) is 16.6. The number of nitriles is 1. The Labute approximate surface area is 218 Å². The minimum atomic E-state index is -5.44. The van der Waals surface area contributed by atoms with Crippen molar-refractivity contribution in [2.75, 3.05) is 0 Å². The lowest BCUT2D eigenvalue weighted by molar-refractivity contribution is -0.202. The molecule has 6 nitrogen and oxygen atoms in total. The summed E-state index contributed by atoms with van der Waals surface area (Å²) in [6.45, 7) is 5.58. The molecule has 0 aliphatic carbocycles. The van der Waals surface area contributed by atoms with Crippen molar-refractivity contribution < 1.29 is 31.9 Å². The highest BCUT2D eigenvalue weighted by atomic mass is 79.9. The molecule has 0 amide bonds. The van der Waals surface area contributed by atoms with Crippen molar-refractivity contribution in [2.24, 2.45) is 5.41 Å². The molecule has 0 bridgehead atoms. The number of hydrogen-bond donors (Lipinski definition) is 1. The average Bonchev–Trinajstić information content (AvgIpc) is 3.08. The SMILES string of the molecule is CC(C)(C)C[C@@H]1N[C@@H](C(=O)OC(=O)C(F)(F)F)[C@H](c2cccc(Cl)c2F)[C@@]1(C#N)c1ccc(Br)cn1. The molecule has 1 aliphatic rings. The fourth-order valence-electron chi connectivity index (χ4n) is 4.52. The van der Waals surface area contributed by atoms with Gasteiger partial charge in [0.2, 0.25) is 0 Å². The molecule has 2 heterocycles. The predicted octanol–water partition coefficient (Wildman–Crippen LogP) is 5.59. The summed E-state index contributed by atoms with van der Waals surface area (Å²) in [5.41, 5.74) is -2.27. The van der Waals surface area contributed by atoms with Gasteiger partial charge in [0.15, 0.2) is 0 Å². The second kappa shape index (κ2) is 10.1. The van der Waals surface area contributed by atoms with Gasteiger partial charge in [-0.15, -0.1) is 0 Å². The van der Waals surface area contributed by atoms with Crippen LogP contribution in [-0.2, 0) is 19.7 Å². The zero-order valence-electron chi connectivity index (χ0n) is 19.3. The molecule has 0 spiro atoms. The molecular weight excluding hydrogens is 570 g/mol. The third-order valence-corrected chi connectivity index (χ3v) is 6.66. The number of carbonyl (C=O) groups is 2.